The lowest BCUT2D eigenvalue weighted by atomic mass is 9.98. The predicted octanol–water partition coefficient (Wildman–Crippen LogP) is 4.16. The number of para-hydroxylation sites is 1. The van der Waals surface area contributed by atoms with Crippen molar-refractivity contribution in [2.24, 2.45) is 0 Å². The molecule has 0 fully saturated rings. The first-order valence-electron chi connectivity index (χ1n) is 7.90. The van der Waals surface area contributed by atoms with Gasteiger partial charge in [-0.15, -0.1) is 0 Å². The fourth-order valence-corrected chi connectivity index (χ4v) is 2.43. The van der Waals surface area contributed by atoms with Crippen LogP contribution < -0.4 is 5.32 Å². The second kappa shape index (κ2) is 6.63. The molecule has 0 aliphatic rings. The van der Waals surface area contributed by atoms with Gasteiger partial charge in [0.1, 0.15) is 11.3 Å². The van der Waals surface area contributed by atoms with Gasteiger partial charge in [-0.2, -0.15) is 0 Å². The highest BCUT2D eigenvalue weighted by atomic mass is 16.3. The van der Waals surface area contributed by atoms with E-state index < -0.39 is 0 Å². The van der Waals surface area contributed by atoms with Gasteiger partial charge >= 0.3 is 0 Å². The lowest BCUT2D eigenvalue weighted by Crippen LogP contribution is -2.40. The van der Waals surface area contributed by atoms with Crippen molar-refractivity contribution in [1.82, 2.24) is 10.2 Å². The molecule has 0 atom stereocenters. The highest BCUT2D eigenvalue weighted by molar-refractivity contribution is 5.82. The van der Waals surface area contributed by atoms with Crippen molar-refractivity contribution in [2.75, 3.05) is 13.6 Å². The van der Waals surface area contributed by atoms with Gasteiger partial charge in [0, 0.05) is 23.0 Å². The van der Waals surface area contributed by atoms with Crippen LogP contribution in [-0.2, 0) is 13.1 Å². The maximum Gasteiger partial charge on any atom is 0.134 e. The van der Waals surface area contributed by atoms with Crippen molar-refractivity contribution in [3.63, 3.8) is 0 Å². The largest absolute Gasteiger partial charge is 0.459 e. The summed E-state index contributed by atoms with van der Waals surface area (Å²) < 4.78 is 6.06. The molecular weight excluding hydrogens is 260 g/mol. The first-order chi connectivity index (χ1) is 9.99. The van der Waals surface area contributed by atoms with E-state index in [1.165, 1.54) is 10.9 Å². The van der Waals surface area contributed by atoms with Crippen molar-refractivity contribution in [3.05, 3.63) is 35.6 Å². The second-order valence-corrected chi connectivity index (χ2v) is 6.30. The SMILES string of the molecule is CCNCc1oc2ccccc2c1CN(C)C(C)(C)CC. The van der Waals surface area contributed by atoms with E-state index in [9.17, 15) is 0 Å². The van der Waals surface area contributed by atoms with Crippen LogP contribution in [0.2, 0.25) is 0 Å². The Kier molecular flexibility index (Phi) is 5.07. The summed E-state index contributed by atoms with van der Waals surface area (Å²) in [6.45, 7) is 11.6. The Hall–Kier alpha value is -1.32. The minimum Gasteiger partial charge on any atom is -0.459 e. The molecule has 0 aliphatic heterocycles. The zero-order chi connectivity index (χ0) is 15.5. The number of benzene rings is 1. The fourth-order valence-electron chi connectivity index (χ4n) is 2.43. The van der Waals surface area contributed by atoms with Gasteiger partial charge in [-0.1, -0.05) is 32.0 Å². The molecule has 0 radical (unpaired) electrons. The Balaban J connectivity index is 2.35. The minimum atomic E-state index is 0.188. The van der Waals surface area contributed by atoms with E-state index in [0.29, 0.717) is 0 Å². The zero-order valence-electron chi connectivity index (χ0n) is 14.0. The lowest BCUT2D eigenvalue weighted by molar-refractivity contribution is 0.142. The van der Waals surface area contributed by atoms with Gasteiger partial charge in [-0.05, 0) is 39.9 Å². The van der Waals surface area contributed by atoms with Gasteiger partial charge in [-0.25, -0.2) is 0 Å². The van der Waals surface area contributed by atoms with E-state index >= 15 is 0 Å². The molecule has 0 unspecified atom stereocenters. The van der Waals surface area contributed by atoms with Gasteiger partial charge in [0.25, 0.3) is 0 Å². The summed E-state index contributed by atoms with van der Waals surface area (Å²) >= 11 is 0. The van der Waals surface area contributed by atoms with E-state index in [2.05, 4.69) is 63.2 Å². The standard InChI is InChI=1S/C18H28N2O/c1-6-18(3,4)20(5)13-15-14-10-8-9-11-16(14)21-17(15)12-19-7-2/h8-11,19H,6-7,12-13H2,1-5H3. The summed E-state index contributed by atoms with van der Waals surface area (Å²) in [5, 5.41) is 4.62. The van der Waals surface area contributed by atoms with Gasteiger partial charge in [0.2, 0.25) is 0 Å². The summed E-state index contributed by atoms with van der Waals surface area (Å²) in [5.74, 6) is 1.07. The van der Waals surface area contributed by atoms with E-state index in [0.717, 1.165) is 37.4 Å². The van der Waals surface area contributed by atoms with E-state index in [-0.39, 0.29) is 5.54 Å². The molecule has 21 heavy (non-hydrogen) atoms. The molecular formula is C18H28N2O. The Bertz CT molecular complexity index is 586. The molecule has 2 rings (SSSR count). The highest BCUT2D eigenvalue weighted by Gasteiger charge is 2.24. The third kappa shape index (κ3) is 3.47. The number of furan rings is 1. The normalized spacial score (nSPS) is 12.5. The second-order valence-electron chi connectivity index (χ2n) is 6.30. The minimum absolute atomic E-state index is 0.188. The van der Waals surface area contributed by atoms with Crippen LogP contribution in [0, 0.1) is 0 Å². The van der Waals surface area contributed by atoms with Crippen molar-refractivity contribution in [1.29, 1.82) is 0 Å². The number of nitrogens with one attached hydrogen (secondary N) is 1. The molecule has 0 amide bonds. The van der Waals surface area contributed by atoms with Crippen LogP contribution in [0.3, 0.4) is 0 Å². The Morgan fingerprint density at radius 1 is 1.19 bits per heavy atom. The molecule has 0 saturated heterocycles. The molecule has 0 aliphatic carbocycles. The third-order valence-corrected chi connectivity index (χ3v) is 4.61. The summed E-state index contributed by atoms with van der Waals surface area (Å²) in [5.41, 5.74) is 2.49. The van der Waals surface area contributed by atoms with Gasteiger partial charge in [0.05, 0.1) is 6.54 Å². The molecule has 0 bridgehead atoms. The first-order valence-corrected chi connectivity index (χ1v) is 7.90. The smallest absolute Gasteiger partial charge is 0.134 e. The van der Waals surface area contributed by atoms with Crippen LogP contribution in [0.1, 0.15) is 45.4 Å². The average molecular weight is 288 g/mol. The summed E-state index contributed by atoms with van der Waals surface area (Å²) in [6.07, 6.45) is 1.13. The van der Waals surface area contributed by atoms with Crippen LogP contribution in [0.4, 0.5) is 0 Å². The van der Waals surface area contributed by atoms with Crippen LogP contribution in [0.15, 0.2) is 28.7 Å². The molecule has 3 nitrogen and oxygen atoms in total. The van der Waals surface area contributed by atoms with Crippen molar-refractivity contribution < 1.29 is 4.42 Å². The van der Waals surface area contributed by atoms with Crippen LogP contribution in [-0.4, -0.2) is 24.0 Å². The van der Waals surface area contributed by atoms with Gasteiger partial charge in [0.15, 0.2) is 0 Å². The number of hydrogen-bond acceptors (Lipinski definition) is 3. The number of fused-ring (bicyclic) bond motifs is 1. The molecule has 1 aromatic carbocycles. The first kappa shape index (κ1) is 16.1. The van der Waals surface area contributed by atoms with E-state index in [1.807, 2.05) is 6.07 Å². The Morgan fingerprint density at radius 3 is 2.57 bits per heavy atom. The summed E-state index contributed by atoms with van der Waals surface area (Å²) in [4.78, 5) is 2.42. The number of nitrogens with zero attached hydrogens (tertiary/aromatic N) is 1. The van der Waals surface area contributed by atoms with E-state index in [1.54, 1.807) is 0 Å². The molecule has 1 heterocycles. The Labute approximate surface area is 128 Å². The fraction of sp³-hybridized carbons (Fsp3) is 0.556. The van der Waals surface area contributed by atoms with Crippen molar-refractivity contribution >= 4 is 11.0 Å². The molecule has 0 spiro atoms. The monoisotopic (exact) mass is 288 g/mol. The van der Waals surface area contributed by atoms with Crippen molar-refractivity contribution in [2.45, 2.75) is 52.7 Å². The number of hydrogen-bond donors (Lipinski definition) is 1. The van der Waals surface area contributed by atoms with E-state index in [4.69, 9.17) is 4.42 Å². The van der Waals surface area contributed by atoms with Gasteiger partial charge < -0.3 is 9.73 Å². The highest BCUT2D eigenvalue weighted by Crippen LogP contribution is 2.29. The average Bonchev–Trinajstić information content (AvgIpc) is 2.83. The third-order valence-electron chi connectivity index (χ3n) is 4.61. The number of rotatable bonds is 7. The molecule has 2 aromatic rings. The van der Waals surface area contributed by atoms with Crippen LogP contribution in [0.5, 0.6) is 0 Å². The molecule has 1 N–H and O–H groups in total. The van der Waals surface area contributed by atoms with Crippen LogP contribution in [0.25, 0.3) is 11.0 Å². The zero-order valence-corrected chi connectivity index (χ0v) is 14.0. The molecule has 3 heteroatoms. The van der Waals surface area contributed by atoms with Crippen LogP contribution >= 0.6 is 0 Å². The quantitative estimate of drug-likeness (QED) is 0.829. The molecule has 0 saturated carbocycles. The molecule has 1 aromatic heterocycles. The maximum atomic E-state index is 6.06. The lowest BCUT2D eigenvalue weighted by Gasteiger charge is -2.34. The van der Waals surface area contributed by atoms with Gasteiger partial charge in [-0.3, -0.25) is 4.90 Å². The van der Waals surface area contributed by atoms with Crippen molar-refractivity contribution in [3.8, 4) is 0 Å². The maximum absolute atomic E-state index is 6.06. The predicted molar refractivity (Wildman–Crippen MR) is 89.4 cm³/mol. The Morgan fingerprint density at radius 2 is 1.90 bits per heavy atom. The molecule has 116 valence electrons. The topological polar surface area (TPSA) is 28.4 Å². The summed E-state index contributed by atoms with van der Waals surface area (Å²) in [6, 6.07) is 8.34. The summed E-state index contributed by atoms with van der Waals surface area (Å²) in [7, 11) is 2.20.